The maximum atomic E-state index is 14.1. The Labute approximate surface area is 160 Å². The van der Waals surface area contributed by atoms with E-state index in [1.54, 1.807) is 0 Å². The minimum atomic E-state index is -3.89. The second-order valence-electron chi connectivity index (χ2n) is 5.40. The zero-order valence-corrected chi connectivity index (χ0v) is 16.9. The van der Waals surface area contributed by atoms with Crippen LogP contribution in [0.3, 0.4) is 0 Å². The van der Waals surface area contributed by atoms with Gasteiger partial charge < -0.3 is 0 Å². The molecule has 142 valence electrons. The average Bonchev–Trinajstić information content (AvgIpc) is 3.01. The molecule has 1 N–H and O–H groups in total. The zero-order chi connectivity index (χ0) is 19.3. The number of benzene rings is 1. The lowest BCUT2D eigenvalue weighted by molar-refractivity contribution is -0.116. The molecule has 11 heteroatoms. The molecule has 1 aromatic carbocycles. The van der Waals surface area contributed by atoms with Gasteiger partial charge in [-0.3, -0.25) is 14.4 Å². The van der Waals surface area contributed by atoms with E-state index in [1.807, 2.05) is 6.92 Å². The van der Waals surface area contributed by atoms with Crippen LogP contribution in [0.5, 0.6) is 0 Å². The van der Waals surface area contributed by atoms with Crippen molar-refractivity contribution in [2.24, 2.45) is 0 Å². The largest absolute Gasteiger partial charge is 0.299 e. The van der Waals surface area contributed by atoms with Gasteiger partial charge in [-0.05, 0) is 25.5 Å². The number of carbonyl (C=O) groups excluding carboxylic acids is 1. The van der Waals surface area contributed by atoms with Crippen molar-refractivity contribution in [2.45, 2.75) is 30.6 Å². The molecule has 0 spiro atoms. The smallest absolute Gasteiger partial charge is 0.249 e. The number of nitrogens with zero attached hydrogens (tertiary/aromatic N) is 3. The Morgan fingerprint density at radius 1 is 1.38 bits per heavy atom. The van der Waals surface area contributed by atoms with Crippen LogP contribution in [-0.2, 0) is 14.8 Å². The number of hydrogen-bond acceptors (Lipinski definition) is 7. The maximum absolute atomic E-state index is 14.1. The Balaban J connectivity index is 2.20. The number of carbonyl (C=O) groups is 1. The standard InChI is InChI=1S/C15H19FN4O3S3/c1-4-9-24-15-19-18-14(25-15)17-13(21)10(2)20(26(3,22)23)12-8-6-5-7-11(12)16/h5-8,10H,4,9H2,1-3H3,(H,17,18,21). The number of amides is 1. The Hall–Kier alpha value is -1.72. The molecular formula is C15H19FN4O3S3. The highest BCUT2D eigenvalue weighted by Crippen LogP contribution is 2.27. The van der Waals surface area contributed by atoms with Crippen LogP contribution in [0.4, 0.5) is 15.2 Å². The summed E-state index contributed by atoms with van der Waals surface area (Å²) < 4.78 is 39.9. The third-order valence-electron chi connectivity index (χ3n) is 3.24. The number of rotatable bonds is 8. The van der Waals surface area contributed by atoms with Crippen molar-refractivity contribution >= 4 is 49.8 Å². The number of nitrogens with one attached hydrogen (secondary N) is 1. The van der Waals surface area contributed by atoms with Gasteiger partial charge in [0.25, 0.3) is 0 Å². The van der Waals surface area contributed by atoms with Gasteiger partial charge in [-0.25, -0.2) is 12.8 Å². The third-order valence-corrected chi connectivity index (χ3v) is 6.65. The third kappa shape index (κ3) is 5.15. The quantitative estimate of drug-likeness (QED) is 0.523. The summed E-state index contributed by atoms with van der Waals surface area (Å²) in [5.74, 6) is -0.470. The van der Waals surface area contributed by atoms with Crippen LogP contribution in [0.1, 0.15) is 20.3 Å². The second kappa shape index (κ2) is 8.78. The highest BCUT2D eigenvalue weighted by atomic mass is 32.2. The fraction of sp³-hybridized carbons (Fsp3) is 0.400. The molecule has 0 bridgehead atoms. The number of sulfonamides is 1. The molecule has 2 aromatic rings. The minimum absolute atomic E-state index is 0.186. The molecule has 0 radical (unpaired) electrons. The monoisotopic (exact) mass is 418 g/mol. The predicted octanol–water partition coefficient (Wildman–Crippen LogP) is 2.97. The van der Waals surface area contributed by atoms with Gasteiger partial charge in [-0.1, -0.05) is 42.2 Å². The van der Waals surface area contributed by atoms with Gasteiger partial charge in [0.2, 0.25) is 21.1 Å². The first-order chi connectivity index (χ1) is 12.2. The van der Waals surface area contributed by atoms with E-state index < -0.39 is 27.8 Å². The van der Waals surface area contributed by atoms with Gasteiger partial charge in [0, 0.05) is 5.75 Å². The van der Waals surface area contributed by atoms with Crippen LogP contribution in [0.15, 0.2) is 28.6 Å². The summed E-state index contributed by atoms with van der Waals surface area (Å²) in [6, 6.07) is 4.23. The van der Waals surface area contributed by atoms with E-state index in [0.717, 1.165) is 28.8 Å². The molecule has 1 heterocycles. The first-order valence-corrected chi connectivity index (χ1v) is 11.4. The van der Waals surface area contributed by atoms with Crippen LogP contribution in [0.25, 0.3) is 0 Å². The van der Waals surface area contributed by atoms with E-state index >= 15 is 0 Å². The van der Waals surface area contributed by atoms with Crippen LogP contribution in [-0.4, -0.2) is 42.6 Å². The molecule has 0 fully saturated rings. The lowest BCUT2D eigenvalue weighted by Crippen LogP contribution is -2.45. The average molecular weight is 419 g/mol. The van der Waals surface area contributed by atoms with Gasteiger partial charge in [-0.2, -0.15) is 0 Å². The van der Waals surface area contributed by atoms with Crippen LogP contribution >= 0.6 is 23.1 Å². The molecule has 1 amide bonds. The number of aromatic nitrogens is 2. The molecule has 7 nitrogen and oxygen atoms in total. The van der Waals surface area contributed by atoms with E-state index in [1.165, 1.54) is 48.2 Å². The molecule has 1 unspecified atom stereocenters. The number of anilines is 2. The molecular weight excluding hydrogens is 399 g/mol. The highest BCUT2D eigenvalue weighted by molar-refractivity contribution is 8.01. The summed E-state index contributed by atoms with van der Waals surface area (Å²) in [5, 5.41) is 10.6. The second-order valence-corrected chi connectivity index (χ2v) is 9.58. The van der Waals surface area contributed by atoms with E-state index in [0.29, 0.717) is 4.34 Å². The van der Waals surface area contributed by atoms with Gasteiger partial charge in [0.05, 0.1) is 11.9 Å². The molecule has 1 aromatic heterocycles. The van der Waals surface area contributed by atoms with Crippen molar-refractivity contribution in [3.63, 3.8) is 0 Å². The Morgan fingerprint density at radius 2 is 2.08 bits per heavy atom. The Bertz CT molecular complexity index is 873. The van der Waals surface area contributed by atoms with Gasteiger partial charge >= 0.3 is 0 Å². The van der Waals surface area contributed by atoms with E-state index in [2.05, 4.69) is 15.5 Å². The maximum Gasteiger partial charge on any atom is 0.249 e. The molecule has 0 aliphatic carbocycles. The minimum Gasteiger partial charge on any atom is -0.299 e. The molecule has 26 heavy (non-hydrogen) atoms. The highest BCUT2D eigenvalue weighted by Gasteiger charge is 2.31. The normalized spacial score (nSPS) is 12.6. The lowest BCUT2D eigenvalue weighted by Gasteiger charge is -2.28. The summed E-state index contributed by atoms with van der Waals surface area (Å²) in [7, 11) is -3.89. The first kappa shape index (κ1) is 20.6. The van der Waals surface area contributed by atoms with Gasteiger partial charge in [0.1, 0.15) is 11.9 Å². The van der Waals surface area contributed by atoms with Crippen molar-refractivity contribution < 1.29 is 17.6 Å². The number of halogens is 1. The van der Waals surface area contributed by atoms with Crippen molar-refractivity contribution in [1.29, 1.82) is 0 Å². The fourth-order valence-electron chi connectivity index (χ4n) is 2.13. The summed E-state index contributed by atoms with van der Waals surface area (Å²) in [5.41, 5.74) is -0.186. The molecule has 0 aliphatic heterocycles. The van der Waals surface area contributed by atoms with Crippen LogP contribution in [0, 0.1) is 5.82 Å². The zero-order valence-electron chi connectivity index (χ0n) is 14.5. The first-order valence-electron chi connectivity index (χ1n) is 7.75. The predicted molar refractivity (Wildman–Crippen MR) is 103 cm³/mol. The number of hydrogen-bond donors (Lipinski definition) is 1. The lowest BCUT2D eigenvalue weighted by atomic mass is 10.2. The Kier molecular flexibility index (Phi) is 6.95. The SMILES string of the molecule is CCCSc1nnc(NC(=O)C(C)N(c2ccccc2F)S(C)(=O)=O)s1. The summed E-state index contributed by atoms with van der Waals surface area (Å²) in [6.45, 7) is 3.43. The fourth-order valence-corrected chi connectivity index (χ4v) is 4.98. The molecule has 2 rings (SSSR count). The van der Waals surface area contributed by atoms with Gasteiger partial charge in [-0.15, -0.1) is 10.2 Å². The topological polar surface area (TPSA) is 92.3 Å². The molecule has 0 saturated heterocycles. The molecule has 0 aliphatic rings. The van der Waals surface area contributed by atoms with Crippen LogP contribution < -0.4 is 9.62 Å². The van der Waals surface area contributed by atoms with Crippen LogP contribution in [0.2, 0.25) is 0 Å². The van der Waals surface area contributed by atoms with Crippen molar-refractivity contribution in [3.05, 3.63) is 30.1 Å². The Morgan fingerprint density at radius 3 is 2.69 bits per heavy atom. The number of thioether (sulfide) groups is 1. The molecule has 1 atom stereocenters. The van der Waals surface area contributed by atoms with Gasteiger partial charge in [0.15, 0.2) is 4.34 Å². The summed E-state index contributed by atoms with van der Waals surface area (Å²) in [6.07, 6.45) is 1.91. The summed E-state index contributed by atoms with van der Waals surface area (Å²) >= 11 is 2.73. The number of para-hydroxylation sites is 1. The van der Waals surface area contributed by atoms with E-state index in [-0.39, 0.29) is 10.8 Å². The van der Waals surface area contributed by atoms with E-state index in [9.17, 15) is 17.6 Å². The van der Waals surface area contributed by atoms with Crippen molar-refractivity contribution in [3.8, 4) is 0 Å². The molecule has 0 saturated carbocycles. The summed E-state index contributed by atoms with van der Waals surface area (Å²) in [4.78, 5) is 12.5. The van der Waals surface area contributed by atoms with E-state index in [4.69, 9.17) is 0 Å². The van der Waals surface area contributed by atoms with Crippen molar-refractivity contribution in [2.75, 3.05) is 21.6 Å². The van der Waals surface area contributed by atoms with Crippen molar-refractivity contribution in [1.82, 2.24) is 10.2 Å².